The van der Waals surface area contributed by atoms with Crippen LogP contribution >= 0.6 is 0 Å². The Kier molecular flexibility index (Phi) is 3.66. The Bertz CT molecular complexity index is 616. The number of hydrogen-bond acceptors (Lipinski definition) is 2. The Hall–Kier alpha value is -1.38. The third-order valence-corrected chi connectivity index (χ3v) is 5.25. The summed E-state index contributed by atoms with van der Waals surface area (Å²) in [5.41, 5.74) is 1.48. The summed E-state index contributed by atoms with van der Waals surface area (Å²) in [6.45, 7) is 4.83. The van der Waals surface area contributed by atoms with Crippen LogP contribution in [-0.4, -0.2) is 30.6 Å². The molecule has 1 N–H and O–H groups in total. The van der Waals surface area contributed by atoms with Crippen LogP contribution in [0.15, 0.2) is 42.5 Å². The number of piperidine rings is 2. The van der Waals surface area contributed by atoms with E-state index in [1.54, 1.807) is 0 Å². The van der Waals surface area contributed by atoms with Crippen molar-refractivity contribution in [3.63, 3.8) is 0 Å². The molecule has 2 nitrogen and oxygen atoms in total. The fourth-order valence-electron chi connectivity index (χ4n) is 4.14. The molecule has 21 heavy (non-hydrogen) atoms. The van der Waals surface area contributed by atoms with Crippen LogP contribution in [0.2, 0.25) is 0 Å². The predicted octanol–water partition coefficient (Wildman–Crippen LogP) is 3.41. The molecule has 2 unspecified atom stereocenters. The summed E-state index contributed by atoms with van der Waals surface area (Å²) in [4.78, 5) is 2.66. The average molecular weight is 280 g/mol. The fourth-order valence-corrected chi connectivity index (χ4v) is 4.14. The zero-order valence-corrected chi connectivity index (χ0v) is 12.6. The number of nitrogens with one attached hydrogen (secondary N) is 1. The molecule has 0 aliphatic carbocycles. The Morgan fingerprint density at radius 1 is 1.05 bits per heavy atom. The summed E-state index contributed by atoms with van der Waals surface area (Å²) >= 11 is 0. The van der Waals surface area contributed by atoms with Crippen LogP contribution < -0.4 is 5.32 Å². The van der Waals surface area contributed by atoms with Gasteiger partial charge in [-0.2, -0.15) is 0 Å². The van der Waals surface area contributed by atoms with E-state index in [4.69, 9.17) is 0 Å². The van der Waals surface area contributed by atoms with E-state index >= 15 is 0 Å². The number of benzene rings is 2. The Morgan fingerprint density at radius 3 is 2.95 bits per heavy atom. The zero-order chi connectivity index (χ0) is 14.1. The highest BCUT2D eigenvalue weighted by Gasteiger charge is 2.30. The van der Waals surface area contributed by atoms with Gasteiger partial charge in [0.1, 0.15) is 0 Å². The minimum absolute atomic E-state index is 0.780. The molecule has 2 aromatic carbocycles. The predicted molar refractivity (Wildman–Crippen MR) is 88.4 cm³/mol. The Balaban J connectivity index is 1.52. The summed E-state index contributed by atoms with van der Waals surface area (Å²) in [6.07, 6.45) is 4.07. The molecule has 0 radical (unpaired) electrons. The van der Waals surface area contributed by atoms with Crippen molar-refractivity contribution < 1.29 is 0 Å². The molecule has 0 saturated carbocycles. The van der Waals surface area contributed by atoms with Crippen molar-refractivity contribution in [1.82, 2.24) is 10.2 Å². The zero-order valence-electron chi connectivity index (χ0n) is 12.6. The number of rotatable bonds is 2. The van der Waals surface area contributed by atoms with Crippen LogP contribution in [0, 0.1) is 5.92 Å². The smallest absolute Gasteiger partial charge is 0.0240 e. The summed E-state index contributed by atoms with van der Waals surface area (Å²) in [6, 6.07) is 16.3. The van der Waals surface area contributed by atoms with E-state index in [0.717, 1.165) is 18.5 Å². The van der Waals surface area contributed by atoms with Gasteiger partial charge in [-0.3, -0.25) is 4.90 Å². The van der Waals surface area contributed by atoms with Gasteiger partial charge in [0, 0.05) is 19.1 Å². The van der Waals surface area contributed by atoms with Gasteiger partial charge in [-0.05, 0) is 54.6 Å². The first-order chi connectivity index (χ1) is 10.4. The molecule has 0 spiro atoms. The maximum atomic E-state index is 3.71. The lowest BCUT2D eigenvalue weighted by Crippen LogP contribution is -2.51. The monoisotopic (exact) mass is 280 g/mol. The lowest BCUT2D eigenvalue weighted by atomic mass is 9.85. The summed E-state index contributed by atoms with van der Waals surface area (Å²) in [5, 5.41) is 6.49. The van der Waals surface area contributed by atoms with Gasteiger partial charge in [0.25, 0.3) is 0 Å². The molecule has 2 heterocycles. The molecule has 0 bridgehead atoms. The molecular formula is C19H24N2. The highest BCUT2D eigenvalue weighted by molar-refractivity contribution is 5.85. The van der Waals surface area contributed by atoms with Crippen LogP contribution in [0.5, 0.6) is 0 Å². The maximum absolute atomic E-state index is 3.71. The average Bonchev–Trinajstić information content (AvgIpc) is 2.55. The molecule has 2 heteroatoms. The molecule has 0 amide bonds. The van der Waals surface area contributed by atoms with E-state index in [0.29, 0.717) is 0 Å². The SMILES string of the molecule is c1ccc2c(CN3CCC4NCCCC4C3)cccc2c1. The van der Waals surface area contributed by atoms with E-state index < -0.39 is 0 Å². The van der Waals surface area contributed by atoms with Crippen molar-refractivity contribution in [1.29, 1.82) is 0 Å². The lowest BCUT2D eigenvalue weighted by molar-refractivity contribution is 0.109. The minimum Gasteiger partial charge on any atom is -0.314 e. The summed E-state index contributed by atoms with van der Waals surface area (Å²) in [5.74, 6) is 0.863. The normalized spacial score (nSPS) is 26.7. The van der Waals surface area contributed by atoms with Gasteiger partial charge >= 0.3 is 0 Å². The van der Waals surface area contributed by atoms with E-state index in [1.807, 2.05) is 0 Å². The summed E-state index contributed by atoms with van der Waals surface area (Å²) in [7, 11) is 0. The highest BCUT2D eigenvalue weighted by Crippen LogP contribution is 2.27. The van der Waals surface area contributed by atoms with Crippen molar-refractivity contribution >= 4 is 10.8 Å². The first-order valence-electron chi connectivity index (χ1n) is 8.32. The van der Waals surface area contributed by atoms with Crippen LogP contribution in [0.1, 0.15) is 24.8 Å². The van der Waals surface area contributed by atoms with Crippen LogP contribution in [0.4, 0.5) is 0 Å². The third-order valence-electron chi connectivity index (χ3n) is 5.25. The molecule has 2 aromatic rings. The summed E-state index contributed by atoms with van der Waals surface area (Å²) < 4.78 is 0. The van der Waals surface area contributed by atoms with Gasteiger partial charge < -0.3 is 5.32 Å². The minimum atomic E-state index is 0.780. The van der Waals surface area contributed by atoms with Crippen molar-refractivity contribution in [2.24, 2.45) is 5.92 Å². The van der Waals surface area contributed by atoms with Gasteiger partial charge in [0.2, 0.25) is 0 Å². The quantitative estimate of drug-likeness (QED) is 0.907. The van der Waals surface area contributed by atoms with Gasteiger partial charge in [0.15, 0.2) is 0 Å². The van der Waals surface area contributed by atoms with Gasteiger partial charge in [-0.25, -0.2) is 0 Å². The lowest BCUT2D eigenvalue weighted by Gasteiger charge is -2.42. The highest BCUT2D eigenvalue weighted by atomic mass is 15.2. The maximum Gasteiger partial charge on any atom is 0.0240 e. The van der Waals surface area contributed by atoms with E-state index in [9.17, 15) is 0 Å². The van der Waals surface area contributed by atoms with E-state index in [2.05, 4.69) is 52.7 Å². The van der Waals surface area contributed by atoms with Crippen LogP contribution in [0.3, 0.4) is 0 Å². The third kappa shape index (κ3) is 2.70. The second kappa shape index (κ2) is 5.78. The van der Waals surface area contributed by atoms with Crippen molar-refractivity contribution in [2.45, 2.75) is 31.8 Å². The number of nitrogens with zero attached hydrogens (tertiary/aromatic N) is 1. The van der Waals surface area contributed by atoms with Crippen molar-refractivity contribution in [3.05, 3.63) is 48.0 Å². The van der Waals surface area contributed by atoms with Gasteiger partial charge in [-0.1, -0.05) is 42.5 Å². The fraction of sp³-hybridized carbons (Fsp3) is 0.474. The first-order valence-corrected chi connectivity index (χ1v) is 8.32. The second-order valence-electron chi connectivity index (χ2n) is 6.62. The molecule has 2 saturated heterocycles. The first kappa shape index (κ1) is 13.3. The van der Waals surface area contributed by atoms with Crippen molar-refractivity contribution in [3.8, 4) is 0 Å². The van der Waals surface area contributed by atoms with Gasteiger partial charge in [-0.15, -0.1) is 0 Å². The Morgan fingerprint density at radius 2 is 1.95 bits per heavy atom. The van der Waals surface area contributed by atoms with E-state index in [-0.39, 0.29) is 0 Å². The number of fused-ring (bicyclic) bond motifs is 2. The topological polar surface area (TPSA) is 15.3 Å². The van der Waals surface area contributed by atoms with Crippen LogP contribution in [0.25, 0.3) is 10.8 Å². The van der Waals surface area contributed by atoms with E-state index in [1.165, 1.54) is 55.2 Å². The molecular weight excluding hydrogens is 256 g/mol. The second-order valence-corrected chi connectivity index (χ2v) is 6.62. The standard InChI is InChI=1S/C19H24N2/c1-2-9-18-15(5-1)6-3-7-16(18)13-21-12-10-19-17(14-21)8-4-11-20-19/h1-3,5-7,9,17,19-20H,4,8,10-14H2. The molecule has 2 fully saturated rings. The molecule has 0 aromatic heterocycles. The Labute approximate surface area is 127 Å². The van der Waals surface area contributed by atoms with Crippen molar-refractivity contribution in [2.75, 3.05) is 19.6 Å². The molecule has 2 aliphatic rings. The largest absolute Gasteiger partial charge is 0.314 e. The molecule has 110 valence electrons. The molecule has 2 atom stereocenters. The molecule has 4 rings (SSSR count). The molecule has 2 aliphatic heterocycles. The van der Waals surface area contributed by atoms with Gasteiger partial charge in [0.05, 0.1) is 0 Å². The number of likely N-dealkylation sites (tertiary alicyclic amines) is 1. The number of hydrogen-bond donors (Lipinski definition) is 1. The van der Waals surface area contributed by atoms with Crippen LogP contribution in [-0.2, 0) is 6.54 Å².